The van der Waals surface area contributed by atoms with E-state index >= 15 is 0 Å². The number of hydrogen-bond acceptors (Lipinski definition) is 5. The number of carboxylic acid groups (broad SMARTS) is 1. The highest BCUT2D eigenvalue weighted by molar-refractivity contribution is 6.00. The molecule has 1 aliphatic carbocycles. The zero-order chi connectivity index (χ0) is 24.1. The van der Waals surface area contributed by atoms with Gasteiger partial charge in [0.05, 0.1) is 0 Å². The number of amidine groups is 2. The Labute approximate surface area is 200 Å². The molecule has 4 N–H and O–H groups in total. The van der Waals surface area contributed by atoms with Crippen molar-refractivity contribution in [1.82, 2.24) is 15.8 Å². The van der Waals surface area contributed by atoms with Crippen molar-refractivity contribution >= 4 is 17.6 Å². The Hall–Kier alpha value is -3.16. The van der Waals surface area contributed by atoms with E-state index in [1.165, 1.54) is 12.1 Å². The summed E-state index contributed by atoms with van der Waals surface area (Å²) in [6, 6.07) is 6.28. The number of hydrogen-bond donors (Lipinski definition) is 4. The predicted octanol–water partition coefficient (Wildman–Crippen LogP) is 4.44. The van der Waals surface area contributed by atoms with Gasteiger partial charge >= 0.3 is 5.97 Å². The molecular weight excluding hydrogens is 433 g/mol. The molecule has 0 atom stereocenters. The second-order valence-corrected chi connectivity index (χ2v) is 9.67. The maximum atomic E-state index is 13.5. The van der Waals surface area contributed by atoms with Gasteiger partial charge in [-0.2, -0.15) is 0 Å². The minimum absolute atomic E-state index is 0.306. The molecule has 0 spiro atoms. The van der Waals surface area contributed by atoms with Crippen LogP contribution in [-0.4, -0.2) is 40.7 Å². The van der Waals surface area contributed by atoms with Gasteiger partial charge in [-0.1, -0.05) is 18.2 Å². The number of benzene rings is 1. The van der Waals surface area contributed by atoms with Crippen molar-refractivity contribution in [2.24, 2.45) is 22.7 Å². The minimum atomic E-state index is -0.673. The van der Waals surface area contributed by atoms with Crippen LogP contribution in [0, 0.1) is 29.0 Å². The zero-order valence-electron chi connectivity index (χ0n) is 19.7. The number of carbonyl (C=O) groups is 1. The van der Waals surface area contributed by atoms with Crippen LogP contribution < -0.4 is 10.9 Å². The van der Waals surface area contributed by atoms with Gasteiger partial charge in [0.25, 0.3) is 0 Å². The number of allylic oxidation sites excluding steroid dienone is 2. The van der Waals surface area contributed by atoms with E-state index in [0.29, 0.717) is 47.2 Å². The Morgan fingerprint density at radius 1 is 1.15 bits per heavy atom. The van der Waals surface area contributed by atoms with Crippen LogP contribution in [0.3, 0.4) is 0 Å². The van der Waals surface area contributed by atoms with Crippen molar-refractivity contribution in [3.63, 3.8) is 0 Å². The average molecular weight is 468 g/mol. The molecule has 3 aliphatic rings. The van der Waals surface area contributed by atoms with Crippen LogP contribution in [0.1, 0.15) is 57.4 Å². The number of hydrazine groups is 1. The number of halogens is 1. The zero-order valence-corrected chi connectivity index (χ0v) is 19.7. The fourth-order valence-electron chi connectivity index (χ4n) is 5.36. The molecule has 0 aromatic heterocycles. The molecule has 2 aliphatic heterocycles. The summed E-state index contributed by atoms with van der Waals surface area (Å²) in [6.07, 6.45) is 10.6. The Morgan fingerprint density at radius 2 is 1.85 bits per heavy atom. The summed E-state index contributed by atoms with van der Waals surface area (Å²) in [6.45, 7) is 3.71. The van der Waals surface area contributed by atoms with E-state index in [2.05, 4.69) is 20.7 Å². The van der Waals surface area contributed by atoms with E-state index in [-0.39, 0.29) is 5.82 Å². The number of nitrogens with zero attached hydrogens (tertiary/aromatic N) is 2. The van der Waals surface area contributed by atoms with Crippen LogP contribution in [0.4, 0.5) is 4.39 Å². The molecule has 4 rings (SSSR count). The lowest BCUT2D eigenvalue weighted by atomic mass is 9.72. The third-order valence-corrected chi connectivity index (χ3v) is 7.39. The lowest BCUT2D eigenvalue weighted by molar-refractivity contribution is -0.138. The summed E-state index contributed by atoms with van der Waals surface area (Å²) >= 11 is 0. The van der Waals surface area contributed by atoms with Crippen LogP contribution in [0.2, 0.25) is 0 Å². The lowest BCUT2D eigenvalue weighted by Gasteiger charge is -2.39. The van der Waals surface area contributed by atoms with Crippen LogP contribution in [0.25, 0.3) is 0 Å². The SMILES string of the molecule is CC(C=CC(=N)N1CCC(C2CCC(CC(=O)O)CC2)CC1)=C1N=C(c2cccc(F)c2)NN1. The van der Waals surface area contributed by atoms with Crippen molar-refractivity contribution in [3.05, 3.63) is 59.2 Å². The minimum Gasteiger partial charge on any atom is -0.481 e. The van der Waals surface area contributed by atoms with E-state index in [9.17, 15) is 9.18 Å². The smallest absolute Gasteiger partial charge is 0.303 e. The summed E-state index contributed by atoms with van der Waals surface area (Å²) < 4.78 is 13.5. The monoisotopic (exact) mass is 467 g/mol. The summed E-state index contributed by atoms with van der Waals surface area (Å²) in [5, 5.41) is 17.5. The van der Waals surface area contributed by atoms with Crippen LogP contribution in [0.5, 0.6) is 0 Å². The highest BCUT2D eigenvalue weighted by Crippen LogP contribution is 2.38. The van der Waals surface area contributed by atoms with Gasteiger partial charge in [0.2, 0.25) is 0 Å². The molecular formula is C26H34FN5O2. The summed E-state index contributed by atoms with van der Waals surface area (Å²) in [7, 11) is 0. The Balaban J connectivity index is 1.26. The first-order valence-corrected chi connectivity index (χ1v) is 12.2. The van der Waals surface area contributed by atoms with Gasteiger partial charge in [-0.05, 0) is 87.0 Å². The highest BCUT2D eigenvalue weighted by atomic mass is 19.1. The van der Waals surface area contributed by atoms with Gasteiger partial charge in [0.1, 0.15) is 17.5 Å². The van der Waals surface area contributed by atoms with Gasteiger partial charge in [0, 0.05) is 25.1 Å². The van der Waals surface area contributed by atoms with Crippen molar-refractivity contribution in [2.75, 3.05) is 13.1 Å². The quantitative estimate of drug-likeness (QED) is 0.366. The molecule has 1 saturated carbocycles. The summed E-state index contributed by atoms with van der Waals surface area (Å²) in [4.78, 5) is 17.6. The van der Waals surface area contributed by atoms with E-state index in [1.54, 1.807) is 12.1 Å². The standard InChI is InChI=1S/C26H34FN5O2/c1-17(25-29-26(31-30-25)21-3-2-4-22(27)16-21)5-10-23(28)32-13-11-20(12-14-32)19-8-6-18(7-9-19)15-24(33)34/h2-5,10,16,18-20,28,30H,6-9,11-15H2,1H3,(H,29,31)(H,33,34). The predicted molar refractivity (Wildman–Crippen MR) is 131 cm³/mol. The molecule has 34 heavy (non-hydrogen) atoms. The molecule has 2 fully saturated rings. The molecule has 0 bridgehead atoms. The maximum absolute atomic E-state index is 13.5. The van der Waals surface area contributed by atoms with Gasteiger partial charge < -0.3 is 10.0 Å². The topological polar surface area (TPSA) is 101 Å². The first-order chi connectivity index (χ1) is 16.4. The van der Waals surface area contributed by atoms with Gasteiger partial charge in [0.15, 0.2) is 5.84 Å². The molecule has 1 aromatic rings. The van der Waals surface area contributed by atoms with Gasteiger partial charge in [-0.15, -0.1) is 0 Å². The number of rotatable bonds is 6. The fraction of sp³-hybridized carbons (Fsp3) is 0.500. The first kappa shape index (κ1) is 24.0. The van der Waals surface area contributed by atoms with Gasteiger partial charge in [-0.25, -0.2) is 9.38 Å². The lowest BCUT2D eigenvalue weighted by Crippen LogP contribution is -2.39. The Morgan fingerprint density at radius 3 is 2.53 bits per heavy atom. The molecule has 2 heterocycles. The third-order valence-electron chi connectivity index (χ3n) is 7.39. The van der Waals surface area contributed by atoms with Crippen molar-refractivity contribution < 1.29 is 14.3 Å². The van der Waals surface area contributed by atoms with Crippen LogP contribution >= 0.6 is 0 Å². The second-order valence-electron chi connectivity index (χ2n) is 9.67. The molecule has 182 valence electrons. The normalized spacial score (nSPS) is 25.0. The first-order valence-electron chi connectivity index (χ1n) is 12.2. The number of carboxylic acids is 1. The van der Waals surface area contributed by atoms with E-state index in [4.69, 9.17) is 10.5 Å². The maximum Gasteiger partial charge on any atom is 0.303 e. The second kappa shape index (κ2) is 10.8. The molecule has 0 unspecified atom stereocenters. The summed E-state index contributed by atoms with van der Waals surface area (Å²) in [5.41, 5.74) is 7.55. The average Bonchev–Trinajstić information content (AvgIpc) is 3.33. The number of nitrogens with one attached hydrogen (secondary N) is 3. The Kier molecular flexibility index (Phi) is 7.65. The number of likely N-dealkylation sites (tertiary alicyclic amines) is 1. The number of aliphatic carboxylic acids is 1. The van der Waals surface area contributed by atoms with Crippen molar-refractivity contribution in [2.45, 2.75) is 51.9 Å². The largest absolute Gasteiger partial charge is 0.481 e. The molecule has 1 aromatic carbocycles. The van der Waals surface area contributed by atoms with E-state index in [0.717, 1.165) is 57.2 Å². The van der Waals surface area contributed by atoms with Crippen molar-refractivity contribution in [1.29, 1.82) is 5.41 Å². The summed E-state index contributed by atoms with van der Waals surface area (Å²) in [5.74, 6) is 2.48. The number of aliphatic imine (C=N–C) groups is 1. The molecule has 0 radical (unpaired) electrons. The van der Waals surface area contributed by atoms with Gasteiger partial charge in [-0.3, -0.25) is 21.1 Å². The molecule has 0 amide bonds. The molecule has 7 nitrogen and oxygen atoms in total. The van der Waals surface area contributed by atoms with E-state index in [1.807, 2.05) is 19.1 Å². The van der Waals surface area contributed by atoms with Crippen LogP contribution in [-0.2, 0) is 4.79 Å². The Bertz CT molecular complexity index is 1000. The van der Waals surface area contributed by atoms with Crippen LogP contribution in [0.15, 0.2) is 52.8 Å². The fourth-order valence-corrected chi connectivity index (χ4v) is 5.36. The molecule has 1 saturated heterocycles. The number of piperidine rings is 1. The van der Waals surface area contributed by atoms with Crippen molar-refractivity contribution in [3.8, 4) is 0 Å². The third kappa shape index (κ3) is 6.04. The highest BCUT2D eigenvalue weighted by Gasteiger charge is 2.31. The molecule has 8 heteroatoms. The van der Waals surface area contributed by atoms with E-state index < -0.39 is 5.97 Å².